The summed E-state index contributed by atoms with van der Waals surface area (Å²) < 4.78 is 31.3. The van der Waals surface area contributed by atoms with E-state index in [-0.39, 0.29) is 0 Å². The quantitative estimate of drug-likeness (QED) is 0.759. The molecular formula is C14H24N2O3S. The zero-order valence-corrected chi connectivity index (χ0v) is 13.2. The number of ether oxygens (including phenoxy) is 1. The van der Waals surface area contributed by atoms with Crippen molar-refractivity contribution in [3.8, 4) is 0 Å². The second-order valence-electron chi connectivity index (χ2n) is 4.44. The number of anilines is 1. The predicted molar refractivity (Wildman–Crippen MR) is 81.5 cm³/mol. The molecule has 1 aromatic carbocycles. The lowest BCUT2D eigenvalue weighted by atomic mass is 10.3. The van der Waals surface area contributed by atoms with Gasteiger partial charge < -0.3 is 10.1 Å². The van der Waals surface area contributed by atoms with Crippen molar-refractivity contribution in [3.63, 3.8) is 0 Å². The van der Waals surface area contributed by atoms with Crippen LogP contribution in [0.5, 0.6) is 0 Å². The second kappa shape index (κ2) is 8.24. The lowest BCUT2D eigenvalue weighted by Crippen LogP contribution is -2.33. The molecule has 0 aliphatic rings. The number of sulfonamides is 1. The van der Waals surface area contributed by atoms with Gasteiger partial charge in [-0.15, -0.1) is 0 Å². The molecule has 0 bridgehead atoms. The van der Waals surface area contributed by atoms with Gasteiger partial charge in [-0.05, 0) is 30.7 Å². The van der Waals surface area contributed by atoms with Crippen LogP contribution >= 0.6 is 0 Å². The van der Waals surface area contributed by atoms with Gasteiger partial charge >= 0.3 is 0 Å². The van der Waals surface area contributed by atoms with Gasteiger partial charge in [0.25, 0.3) is 0 Å². The maximum absolute atomic E-state index is 12.4. The van der Waals surface area contributed by atoms with E-state index in [0.29, 0.717) is 24.6 Å². The number of rotatable bonds is 9. The average Bonchev–Trinajstić information content (AvgIpc) is 2.46. The first-order chi connectivity index (χ1) is 9.56. The lowest BCUT2D eigenvalue weighted by molar-refractivity contribution is 0.180. The SMILES string of the molecule is CCCNc1ccc(S(=O)(=O)N(CC)CCOC)cc1. The monoisotopic (exact) mass is 300 g/mol. The molecule has 0 unspecified atom stereocenters. The normalized spacial score (nSPS) is 11.8. The highest BCUT2D eigenvalue weighted by Gasteiger charge is 2.22. The molecule has 0 fully saturated rings. The molecule has 6 heteroatoms. The molecule has 0 atom stereocenters. The standard InChI is InChI=1S/C14H24N2O3S/c1-4-10-15-13-6-8-14(9-7-13)20(17,18)16(5-2)11-12-19-3/h6-9,15H,4-5,10-12H2,1-3H3. The Balaban J connectivity index is 2.85. The number of nitrogens with one attached hydrogen (secondary N) is 1. The van der Waals surface area contributed by atoms with Gasteiger partial charge in [0.2, 0.25) is 10.0 Å². The fourth-order valence-corrected chi connectivity index (χ4v) is 3.24. The van der Waals surface area contributed by atoms with Crippen LogP contribution in [0.15, 0.2) is 29.2 Å². The Bertz CT molecular complexity index is 486. The van der Waals surface area contributed by atoms with Crippen molar-refractivity contribution in [1.82, 2.24) is 4.31 Å². The van der Waals surface area contributed by atoms with Gasteiger partial charge in [0.1, 0.15) is 0 Å². The van der Waals surface area contributed by atoms with E-state index < -0.39 is 10.0 Å². The van der Waals surface area contributed by atoms with Crippen molar-refractivity contribution in [1.29, 1.82) is 0 Å². The second-order valence-corrected chi connectivity index (χ2v) is 6.38. The number of likely N-dealkylation sites (N-methyl/N-ethyl adjacent to an activating group) is 1. The molecule has 0 aromatic heterocycles. The minimum absolute atomic E-state index is 0.317. The molecule has 1 N–H and O–H groups in total. The zero-order chi connectivity index (χ0) is 15.0. The number of nitrogens with zero attached hydrogens (tertiary/aromatic N) is 1. The summed E-state index contributed by atoms with van der Waals surface area (Å²) in [6.45, 7) is 5.97. The van der Waals surface area contributed by atoms with E-state index in [1.165, 1.54) is 4.31 Å². The fourth-order valence-electron chi connectivity index (χ4n) is 1.80. The summed E-state index contributed by atoms with van der Waals surface area (Å²) in [4.78, 5) is 0.317. The van der Waals surface area contributed by atoms with Crippen LogP contribution in [0, 0.1) is 0 Å². The summed E-state index contributed by atoms with van der Waals surface area (Å²) in [5.74, 6) is 0. The molecule has 20 heavy (non-hydrogen) atoms. The Morgan fingerprint density at radius 1 is 1.20 bits per heavy atom. The molecule has 0 aliphatic carbocycles. The first-order valence-corrected chi connectivity index (χ1v) is 8.33. The van der Waals surface area contributed by atoms with Gasteiger partial charge in [0, 0.05) is 32.4 Å². The summed E-state index contributed by atoms with van der Waals surface area (Å²) in [7, 11) is -1.87. The van der Waals surface area contributed by atoms with Crippen LogP contribution in [-0.4, -0.2) is 46.1 Å². The van der Waals surface area contributed by atoms with Crippen molar-refractivity contribution in [2.75, 3.05) is 38.7 Å². The minimum Gasteiger partial charge on any atom is -0.385 e. The Morgan fingerprint density at radius 2 is 1.85 bits per heavy atom. The lowest BCUT2D eigenvalue weighted by Gasteiger charge is -2.20. The van der Waals surface area contributed by atoms with E-state index in [9.17, 15) is 8.42 Å². The topological polar surface area (TPSA) is 58.6 Å². The average molecular weight is 300 g/mol. The molecule has 1 rings (SSSR count). The van der Waals surface area contributed by atoms with E-state index in [1.807, 2.05) is 6.92 Å². The molecule has 0 spiro atoms. The largest absolute Gasteiger partial charge is 0.385 e. The Morgan fingerprint density at radius 3 is 2.35 bits per heavy atom. The molecule has 0 aliphatic heterocycles. The Kier molecular flexibility index (Phi) is 6.98. The molecule has 0 amide bonds. The van der Waals surface area contributed by atoms with Crippen LogP contribution in [0.3, 0.4) is 0 Å². The number of benzene rings is 1. The van der Waals surface area contributed by atoms with Crippen molar-refractivity contribution >= 4 is 15.7 Å². The van der Waals surface area contributed by atoms with Gasteiger partial charge in [0.05, 0.1) is 11.5 Å². The van der Waals surface area contributed by atoms with Crippen LogP contribution < -0.4 is 5.32 Å². The van der Waals surface area contributed by atoms with Crippen molar-refractivity contribution in [3.05, 3.63) is 24.3 Å². The van der Waals surface area contributed by atoms with Crippen LogP contribution in [-0.2, 0) is 14.8 Å². The van der Waals surface area contributed by atoms with Crippen LogP contribution in [0.4, 0.5) is 5.69 Å². The van der Waals surface area contributed by atoms with Crippen LogP contribution in [0.2, 0.25) is 0 Å². The first kappa shape index (κ1) is 16.9. The van der Waals surface area contributed by atoms with Crippen molar-refractivity contribution < 1.29 is 13.2 Å². The van der Waals surface area contributed by atoms with Gasteiger partial charge in [-0.2, -0.15) is 4.31 Å². The maximum atomic E-state index is 12.4. The van der Waals surface area contributed by atoms with Gasteiger partial charge in [-0.3, -0.25) is 0 Å². The van der Waals surface area contributed by atoms with E-state index in [2.05, 4.69) is 12.2 Å². The summed E-state index contributed by atoms with van der Waals surface area (Å²) in [6.07, 6.45) is 1.03. The fraction of sp³-hybridized carbons (Fsp3) is 0.571. The highest BCUT2D eigenvalue weighted by molar-refractivity contribution is 7.89. The predicted octanol–water partition coefficient (Wildman–Crippen LogP) is 2.17. The molecular weight excluding hydrogens is 276 g/mol. The van der Waals surface area contributed by atoms with Crippen LogP contribution in [0.25, 0.3) is 0 Å². The summed E-state index contributed by atoms with van der Waals surface area (Å²) in [5.41, 5.74) is 0.936. The van der Waals surface area contributed by atoms with E-state index in [4.69, 9.17) is 4.74 Å². The van der Waals surface area contributed by atoms with Crippen molar-refractivity contribution in [2.24, 2.45) is 0 Å². The molecule has 1 aromatic rings. The zero-order valence-electron chi connectivity index (χ0n) is 12.4. The molecule has 0 saturated carbocycles. The Hall–Kier alpha value is -1.11. The molecule has 114 valence electrons. The summed E-state index contributed by atoms with van der Waals surface area (Å²) in [6, 6.07) is 6.88. The van der Waals surface area contributed by atoms with Gasteiger partial charge in [-0.25, -0.2) is 8.42 Å². The molecule has 0 heterocycles. The molecule has 0 radical (unpaired) electrons. The number of hydrogen-bond acceptors (Lipinski definition) is 4. The number of methoxy groups -OCH3 is 1. The third-order valence-electron chi connectivity index (χ3n) is 2.97. The van der Waals surface area contributed by atoms with E-state index >= 15 is 0 Å². The van der Waals surface area contributed by atoms with Crippen molar-refractivity contribution in [2.45, 2.75) is 25.2 Å². The highest BCUT2D eigenvalue weighted by atomic mass is 32.2. The smallest absolute Gasteiger partial charge is 0.243 e. The third kappa shape index (κ3) is 4.47. The van der Waals surface area contributed by atoms with Crippen LogP contribution in [0.1, 0.15) is 20.3 Å². The summed E-state index contributed by atoms with van der Waals surface area (Å²) in [5, 5.41) is 3.22. The van der Waals surface area contributed by atoms with E-state index in [0.717, 1.165) is 18.7 Å². The summed E-state index contributed by atoms with van der Waals surface area (Å²) >= 11 is 0. The minimum atomic E-state index is -3.44. The highest BCUT2D eigenvalue weighted by Crippen LogP contribution is 2.18. The molecule has 5 nitrogen and oxygen atoms in total. The number of hydrogen-bond donors (Lipinski definition) is 1. The van der Waals surface area contributed by atoms with Gasteiger partial charge in [-0.1, -0.05) is 13.8 Å². The third-order valence-corrected chi connectivity index (χ3v) is 4.96. The maximum Gasteiger partial charge on any atom is 0.243 e. The first-order valence-electron chi connectivity index (χ1n) is 6.89. The van der Waals surface area contributed by atoms with Gasteiger partial charge in [0.15, 0.2) is 0 Å². The Labute approximate surface area is 122 Å². The van der Waals surface area contributed by atoms with E-state index in [1.54, 1.807) is 31.4 Å². The molecule has 0 saturated heterocycles.